The quantitative estimate of drug-likeness (QED) is 0.781. The Kier molecular flexibility index (Phi) is 4.26. The Labute approximate surface area is 100 Å². The molecule has 2 heteroatoms. The van der Waals surface area contributed by atoms with Crippen molar-refractivity contribution in [1.29, 1.82) is 0 Å². The van der Waals surface area contributed by atoms with E-state index in [-0.39, 0.29) is 5.54 Å². The van der Waals surface area contributed by atoms with Crippen LogP contribution in [0.3, 0.4) is 0 Å². The van der Waals surface area contributed by atoms with E-state index in [2.05, 4.69) is 11.8 Å². The number of aliphatic hydroxyl groups excluding tert-OH is 1. The van der Waals surface area contributed by atoms with E-state index in [1.54, 1.807) is 0 Å². The predicted octanol–water partition coefficient (Wildman–Crippen LogP) is 2.80. The predicted molar refractivity (Wildman–Crippen MR) is 67.5 cm³/mol. The van der Waals surface area contributed by atoms with Crippen LogP contribution in [0.15, 0.2) is 0 Å². The first kappa shape index (κ1) is 12.4. The van der Waals surface area contributed by atoms with Crippen molar-refractivity contribution in [3.8, 4) is 0 Å². The molecule has 1 aliphatic carbocycles. The van der Waals surface area contributed by atoms with Gasteiger partial charge in [-0.1, -0.05) is 32.6 Å². The van der Waals surface area contributed by atoms with Gasteiger partial charge in [0.15, 0.2) is 0 Å². The van der Waals surface area contributed by atoms with Crippen molar-refractivity contribution in [2.75, 3.05) is 19.7 Å². The molecule has 1 N–H and O–H groups in total. The normalized spacial score (nSPS) is 38.2. The number of hydrogen-bond donors (Lipinski definition) is 1. The number of likely N-dealkylation sites (tertiary alicyclic amines) is 1. The minimum atomic E-state index is 0.141. The summed E-state index contributed by atoms with van der Waals surface area (Å²) in [5.74, 6) is 0.796. The van der Waals surface area contributed by atoms with Crippen LogP contribution >= 0.6 is 0 Å². The van der Waals surface area contributed by atoms with E-state index in [4.69, 9.17) is 0 Å². The first-order chi connectivity index (χ1) is 7.77. The maximum atomic E-state index is 9.86. The van der Waals surface area contributed by atoms with Crippen LogP contribution in [0.4, 0.5) is 0 Å². The highest BCUT2D eigenvalue weighted by Gasteiger charge is 2.39. The van der Waals surface area contributed by atoms with Crippen molar-refractivity contribution in [2.24, 2.45) is 5.92 Å². The van der Waals surface area contributed by atoms with Gasteiger partial charge in [0.2, 0.25) is 0 Å². The van der Waals surface area contributed by atoms with Gasteiger partial charge in [-0.2, -0.15) is 0 Å². The fourth-order valence-corrected chi connectivity index (χ4v) is 3.71. The topological polar surface area (TPSA) is 23.5 Å². The molecule has 0 spiro atoms. The molecule has 2 fully saturated rings. The molecule has 2 aliphatic rings. The molecule has 0 aromatic rings. The molecule has 1 saturated carbocycles. The lowest BCUT2D eigenvalue weighted by atomic mass is 9.75. The van der Waals surface area contributed by atoms with Gasteiger partial charge in [0.05, 0.1) is 6.61 Å². The first-order valence-corrected chi connectivity index (χ1v) is 7.13. The van der Waals surface area contributed by atoms with Crippen molar-refractivity contribution in [1.82, 2.24) is 4.90 Å². The molecular weight excluding hydrogens is 198 g/mol. The number of nitrogens with zero attached hydrogens (tertiary/aromatic N) is 1. The van der Waals surface area contributed by atoms with Gasteiger partial charge in [0.1, 0.15) is 0 Å². The van der Waals surface area contributed by atoms with Crippen molar-refractivity contribution in [3.05, 3.63) is 0 Å². The van der Waals surface area contributed by atoms with Crippen molar-refractivity contribution >= 4 is 0 Å². The lowest BCUT2D eigenvalue weighted by Gasteiger charge is -2.47. The summed E-state index contributed by atoms with van der Waals surface area (Å²) in [6.07, 6.45) is 10.5. The Morgan fingerprint density at radius 1 is 1.12 bits per heavy atom. The highest BCUT2D eigenvalue weighted by atomic mass is 16.3. The van der Waals surface area contributed by atoms with Gasteiger partial charge in [-0.05, 0) is 44.7 Å². The second-order valence-electron chi connectivity index (χ2n) is 5.99. The van der Waals surface area contributed by atoms with Gasteiger partial charge >= 0.3 is 0 Å². The second kappa shape index (κ2) is 5.50. The molecule has 1 heterocycles. The first-order valence-electron chi connectivity index (χ1n) is 7.13. The highest BCUT2D eigenvalue weighted by molar-refractivity contribution is 4.95. The average Bonchev–Trinajstić information content (AvgIpc) is 2.57. The van der Waals surface area contributed by atoms with Crippen LogP contribution in [0.25, 0.3) is 0 Å². The molecule has 1 aliphatic heterocycles. The summed E-state index contributed by atoms with van der Waals surface area (Å²) in [7, 11) is 0. The molecule has 1 saturated heterocycles. The van der Waals surface area contributed by atoms with Crippen LogP contribution in [0.5, 0.6) is 0 Å². The summed E-state index contributed by atoms with van der Waals surface area (Å²) in [6.45, 7) is 5.15. The highest BCUT2D eigenvalue weighted by Crippen LogP contribution is 2.37. The fraction of sp³-hybridized carbons (Fsp3) is 1.00. The van der Waals surface area contributed by atoms with E-state index < -0.39 is 0 Å². The third-order valence-corrected chi connectivity index (χ3v) is 4.64. The molecule has 94 valence electrons. The van der Waals surface area contributed by atoms with E-state index >= 15 is 0 Å². The van der Waals surface area contributed by atoms with Gasteiger partial charge < -0.3 is 5.11 Å². The van der Waals surface area contributed by atoms with Gasteiger partial charge in [0.25, 0.3) is 0 Å². The lowest BCUT2D eigenvalue weighted by Crippen LogP contribution is -2.54. The van der Waals surface area contributed by atoms with Crippen LogP contribution < -0.4 is 0 Å². The zero-order chi connectivity index (χ0) is 11.4. The smallest absolute Gasteiger partial charge is 0.0615 e. The fourth-order valence-electron chi connectivity index (χ4n) is 3.71. The summed E-state index contributed by atoms with van der Waals surface area (Å²) in [5, 5.41) is 9.86. The molecule has 0 aromatic carbocycles. The standard InChI is InChI=1S/C14H27NO/c1-13-7-6-8-14(11-13,12-16)15-9-4-2-3-5-10-15/h13,16H,2-12H2,1H3. The minimum absolute atomic E-state index is 0.141. The maximum absolute atomic E-state index is 9.86. The monoisotopic (exact) mass is 225 g/mol. The van der Waals surface area contributed by atoms with Crippen molar-refractivity contribution in [3.63, 3.8) is 0 Å². The Hall–Kier alpha value is -0.0800. The van der Waals surface area contributed by atoms with Crippen LogP contribution in [-0.2, 0) is 0 Å². The van der Waals surface area contributed by atoms with E-state index in [9.17, 15) is 5.11 Å². The molecule has 2 atom stereocenters. The Morgan fingerprint density at radius 3 is 2.38 bits per heavy atom. The summed E-state index contributed by atoms with van der Waals surface area (Å²) in [4.78, 5) is 2.62. The van der Waals surface area contributed by atoms with E-state index in [0.717, 1.165) is 5.92 Å². The van der Waals surface area contributed by atoms with Gasteiger partial charge in [-0.3, -0.25) is 4.90 Å². The van der Waals surface area contributed by atoms with E-state index in [1.807, 2.05) is 0 Å². The third-order valence-electron chi connectivity index (χ3n) is 4.64. The van der Waals surface area contributed by atoms with Gasteiger partial charge in [-0.15, -0.1) is 0 Å². The van der Waals surface area contributed by atoms with Crippen LogP contribution in [0, 0.1) is 5.92 Å². The largest absolute Gasteiger partial charge is 0.394 e. The van der Waals surface area contributed by atoms with Gasteiger partial charge in [-0.25, -0.2) is 0 Å². The van der Waals surface area contributed by atoms with Crippen molar-refractivity contribution < 1.29 is 5.11 Å². The Morgan fingerprint density at radius 2 is 1.81 bits per heavy atom. The summed E-state index contributed by atoms with van der Waals surface area (Å²) >= 11 is 0. The molecule has 16 heavy (non-hydrogen) atoms. The van der Waals surface area contributed by atoms with Gasteiger partial charge in [0, 0.05) is 5.54 Å². The van der Waals surface area contributed by atoms with Crippen molar-refractivity contribution in [2.45, 2.75) is 63.8 Å². The minimum Gasteiger partial charge on any atom is -0.394 e. The number of rotatable bonds is 2. The third kappa shape index (κ3) is 2.60. The van der Waals surface area contributed by atoms with Crippen LogP contribution in [0.2, 0.25) is 0 Å². The summed E-state index contributed by atoms with van der Waals surface area (Å²) in [6, 6.07) is 0. The molecule has 0 radical (unpaired) electrons. The molecule has 2 unspecified atom stereocenters. The molecule has 2 rings (SSSR count). The lowest BCUT2D eigenvalue weighted by molar-refractivity contribution is -0.0109. The summed E-state index contributed by atoms with van der Waals surface area (Å²) < 4.78 is 0. The zero-order valence-corrected chi connectivity index (χ0v) is 10.7. The number of aliphatic hydroxyl groups is 1. The zero-order valence-electron chi connectivity index (χ0n) is 10.7. The Balaban J connectivity index is 2.05. The number of hydrogen-bond acceptors (Lipinski definition) is 2. The summed E-state index contributed by atoms with van der Waals surface area (Å²) in [5.41, 5.74) is 0.141. The van der Waals surface area contributed by atoms with E-state index in [1.165, 1.54) is 64.5 Å². The van der Waals surface area contributed by atoms with Crippen LogP contribution in [0.1, 0.15) is 58.3 Å². The molecule has 0 amide bonds. The molecule has 2 nitrogen and oxygen atoms in total. The van der Waals surface area contributed by atoms with E-state index in [0.29, 0.717) is 6.61 Å². The SMILES string of the molecule is CC1CCCC(CO)(N2CCCCCC2)C1. The molecule has 0 bridgehead atoms. The van der Waals surface area contributed by atoms with Crippen LogP contribution in [-0.4, -0.2) is 35.2 Å². The Bertz CT molecular complexity index is 211. The molecule has 0 aromatic heterocycles. The second-order valence-corrected chi connectivity index (χ2v) is 5.99. The maximum Gasteiger partial charge on any atom is 0.0615 e. The average molecular weight is 225 g/mol. The molecular formula is C14H27NO.